The van der Waals surface area contributed by atoms with Crippen LogP contribution < -0.4 is 10.6 Å². The molecule has 0 aromatic carbocycles. The molecule has 1 amide bonds. The third kappa shape index (κ3) is 2.66. The molecule has 0 aromatic heterocycles. The lowest BCUT2D eigenvalue weighted by Crippen LogP contribution is -2.48. The van der Waals surface area contributed by atoms with Gasteiger partial charge in [0, 0.05) is 11.3 Å². The van der Waals surface area contributed by atoms with Crippen LogP contribution in [-0.2, 0) is 4.79 Å². The Morgan fingerprint density at radius 1 is 1.32 bits per heavy atom. The molecule has 0 bridgehead atoms. The van der Waals surface area contributed by atoms with Crippen molar-refractivity contribution in [1.82, 2.24) is 10.6 Å². The van der Waals surface area contributed by atoms with E-state index in [4.69, 9.17) is 0 Å². The molecule has 2 saturated carbocycles. The summed E-state index contributed by atoms with van der Waals surface area (Å²) in [5.41, 5.74) is 0. The predicted octanol–water partition coefficient (Wildman–Crippen LogP) is 2.17. The van der Waals surface area contributed by atoms with E-state index in [2.05, 4.69) is 16.9 Å². The van der Waals surface area contributed by atoms with Crippen LogP contribution >= 0.6 is 11.8 Å². The first-order valence-corrected chi connectivity index (χ1v) is 9.03. The number of nitrogens with one attached hydrogen (secondary N) is 2. The van der Waals surface area contributed by atoms with Gasteiger partial charge in [-0.1, -0.05) is 19.3 Å². The molecule has 0 aromatic rings. The molecule has 2 N–H and O–H groups in total. The summed E-state index contributed by atoms with van der Waals surface area (Å²) < 4.78 is 0.323. The summed E-state index contributed by atoms with van der Waals surface area (Å²) in [7, 11) is 0. The molecule has 1 saturated heterocycles. The molecule has 1 heterocycles. The second-order valence-corrected chi connectivity index (χ2v) is 7.83. The van der Waals surface area contributed by atoms with Gasteiger partial charge in [0.15, 0.2) is 0 Å². The van der Waals surface area contributed by atoms with E-state index in [1.165, 1.54) is 44.9 Å². The van der Waals surface area contributed by atoms with Gasteiger partial charge >= 0.3 is 0 Å². The average Bonchev–Trinajstić information content (AvgIpc) is 3.12. The zero-order valence-corrected chi connectivity index (χ0v) is 12.7. The molecule has 0 radical (unpaired) electrons. The van der Waals surface area contributed by atoms with Gasteiger partial charge in [0.25, 0.3) is 0 Å². The van der Waals surface area contributed by atoms with E-state index in [-0.39, 0.29) is 11.9 Å². The van der Waals surface area contributed by atoms with Crippen LogP contribution in [0.25, 0.3) is 0 Å². The molecule has 4 heteroatoms. The van der Waals surface area contributed by atoms with E-state index < -0.39 is 0 Å². The third-order valence-corrected chi connectivity index (χ3v) is 6.98. The highest BCUT2D eigenvalue weighted by Crippen LogP contribution is 2.40. The summed E-state index contributed by atoms with van der Waals surface area (Å²) in [6, 6.07) is 0.0906. The van der Waals surface area contributed by atoms with Crippen molar-refractivity contribution in [2.45, 2.75) is 55.7 Å². The summed E-state index contributed by atoms with van der Waals surface area (Å²) in [5, 5.41) is 6.69. The third-order valence-electron chi connectivity index (χ3n) is 5.56. The summed E-state index contributed by atoms with van der Waals surface area (Å²) >= 11 is 1.95. The van der Waals surface area contributed by atoms with Gasteiger partial charge in [-0.3, -0.25) is 4.79 Å². The Morgan fingerprint density at radius 2 is 2.11 bits per heavy atom. The van der Waals surface area contributed by atoms with Crippen molar-refractivity contribution in [2.75, 3.05) is 19.3 Å². The molecular weight excluding hydrogens is 256 g/mol. The van der Waals surface area contributed by atoms with Crippen molar-refractivity contribution in [2.24, 2.45) is 11.8 Å². The number of rotatable bonds is 4. The lowest BCUT2D eigenvalue weighted by Gasteiger charge is -2.28. The van der Waals surface area contributed by atoms with Crippen LogP contribution in [-0.4, -0.2) is 36.0 Å². The van der Waals surface area contributed by atoms with E-state index in [1.807, 2.05) is 11.8 Å². The van der Waals surface area contributed by atoms with Crippen LogP contribution in [0.1, 0.15) is 44.9 Å². The van der Waals surface area contributed by atoms with Crippen LogP contribution in [0.4, 0.5) is 0 Å². The fourth-order valence-corrected chi connectivity index (χ4v) is 5.22. The number of amides is 1. The molecule has 19 heavy (non-hydrogen) atoms. The minimum absolute atomic E-state index is 0.0906. The van der Waals surface area contributed by atoms with Gasteiger partial charge in [0.1, 0.15) is 0 Å². The van der Waals surface area contributed by atoms with Crippen LogP contribution in [0.3, 0.4) is 0 Å². The zero-order valence-electron chi connectivity index (χ0n) is 11.9. The van der Waals surface area contributed by atoms with Crippen molar-refractivity contribution < 1.29 is 4.79 Å². The number of carbonyl (C=O) groups is 1. The Kier molecular flexibility index (Phi) is 4.08. The van der Waals surface area contributed by atoms with Crippen LogP contribution in [0, 0.1) is 11.8 Å². The van der Waals surface area contributed by atoms with Crippen molar-refractivity contribution in [3.63, 3.8) is 0 Å². The van der Waals surface area contributed by atoms with E-state index in [0.717, 1.165) is 19.0 Å². The first kappa shape index (κ1) is 13.7. The largest absolute Gasteiger partial charge is 0.353 e. The van der Waals surface area contributed by atoms with E-state index >= 15 is 0 Å². The van der Waals surface area contributed by atoms with Crippen molar-refractivity contribution in [3.05, 3.63) is 0 Å². The highest BCUT2D eigenvalue weighted by molar-refractivity contribution is 8.00. The van der Waals surface area contributed by atoms with Gasteiger partial charge < -0.3 is 10.6 Å². The van der Waals surface area contributed by atoms with Crippen molar-refractivity contribution in [1.29, 1.82) is 0 Å². The highest BCUT2D eigenvalue weighted by atomic mass is 32.2. The maximum atomic E-state index is 12.4. The van der Waals surface area contributed by atoms with Gasteiger partial charge in [0.05, 0.1) is 6.04 Å². The summed E-state index contributed by atoms with van der Waals surface area (Å²) in [4.78, 5) is 12.4. The maximum absolute atomic E-state index is 12.4. The number of thioether (sulfide) groups is 1. The molecule has 3 fully saturated rings. The van der Waals surface area contributed by atoms with Gasteiger partial charge in [-0.25, -0.2) is 0 Å². The summed E-state index contributed by atoms with van der Waals surface area (Å²) in [6.07, 6.45) is 11.2. The standard InChI is InChI=1S/C15H26N2OS/c1-19-15(7-2-3-8-15)10-17-14(18)13-12-6-4-5-11(12)9-16-13/h11-13,16H,2-10H2,1H3,(H,17,18). The maximum Gasteiger partial charge on any atom is 0.237 e. The van der Waals surface area contributed by atoms with E-state index in [1.54, 1.807) is 0 Å². The Hall–Kier alpha value is -0.220. The van der Waals surface area contributed by atoms with Gasteiger partial charge in [-0.2, -0.15) is 11.8 Å². The smallest absolute Gasteiger partial charge is 0.237 e. The van der Waals surface area contributed by atoms with E-state index in [0.29, 0.717) is 10.7 Å². The second-order valence-electron chi connectivity index (χ2n) is 6.55. The molecule has 3 rings (SSSR count). The van der Waals surface area contributed by atoms with E-state index in [9.17, 15) is 4.79 Å². The van der Waals surface area contributed by atoms with Crippen LogP contribution in [0.5, 0.6) is 0 Å². The molecule has 3 nitrogen and oxygen atoms in total. The Morgan fingerprint density at radius 3 is 2.84 bits per heavy atom. The monoisotopic (exact) mass is 282 g/mol. The van der Waals surface area contributed by atoms with Crippen molar-refractivity contribution in [3.8, 4) is 0 Å². The molecular formula is C15H26N2OS. The zero-order chi connectivity index (χ0) is 13.3. The molecule has 3 atom stereocenters. The minimum atomic E-state index is 0.0906. The van der Waals surface area contributed by atoms with Gasteiger partial charge in [0.2, 0.25) is 5.91 Å². The number of fused-ring (bicyclic) bond motifs is 1. The van der Waals surface area contributed by atoms with Crippen LogP contribution in [0.15, 0.2) is 0 Å². The second kappa shape index (κ2) is 5.65. The lowest BCUT2D eigenvalue weighted by atomic mass is 9.93. The molecule has 0 spiro atoms. The Balaban J connectivity index is 1.54. The fourth-order valence-electron chi connectivity index (χ4n) is 4.31. The topological polar surface area (TPSA) is 41.1 Å². The van der Waals surface area contributed by atoms with Gasteiger partial charge in [-0.15, -0.1) is 0 Å². The van der Waals surface area contributed by atoms with Crippen LogP contribution in [0.2, 0.25) is 0 Å². The van der Waals surface area contributed by atoms with Gasteiger partial charge in [-0.05, 0) is 50.3 Å². The fraction of sp³-hybridized carbons (Fsp3) is 0.933. The molecule has 1 aliphatic heterocycles. The first-order valence-electron chi connectivity index (χ1n) is 7.80. The quantitative estimate of drug-likeness (QED) is 0.830. The lowest BCUT2D eigenvalue weighted by molar-refractivity contribution is -0.123. The Bertz CT molecular complexity index is 341. The summed E-state index contributed by atoms with van der Waals surface area (Å²) in [6.45, 7) is 1.92. The molecule has 108 valence electrons. The SMILES string of the molecule is CSC1(CNC(=O)C2NCC3CCCC32)CCCC1. The number of carbonyl (C=O) groups excluding carboxylic acids is 1. The Labute approximate surface area is 120 Å². The minimum Gasteiger partial charge on any atom is -0.353 e. The first-order chi connectivity index (χ1) is 9.24. The molecule has 3 aliphatic rings. The number of hydrogen-bond donors (Lipinski definition) is 2. The normalized spacial score (nSPS) is 36.4. The predicted molar refractivity (Wildman–Crippen MR) is 80.3 cm³/mol. The molecule has 2 aliphatic carbocycles. The number of hydrogen-bond acceptors (Lipinski definition) is 3. The summed E-state index contributed by atoms with van der Waals surface area (Å²) in [5.74, 6) is 1.63. The van der Waals surface area contributed by atoms with Crippen molar-refractivity contribution >= 4 is 17.7 Å². The highest BCUT2D eigenvalue weighted by Gasteiger charge is 2.43. The average molecular weight is 282 g/mol. The molecule has 3 unspecified atom stereocenters.